The lowest BCUT2D eigenvalue weighted by atomic mass is 9.45. The lowest BCUT2D eigenvalue weighted by Gasteiger charge is -2.62. The van der Waals surface area contributed by atoms with Gasteiger partial charge in [-0.3, -0.25) is 4.79 Å². The maximum atomic E-state index is 11.8. The molecule has 0 heterocycles. The monoisotopic (exact) mass is 332 g/mol. The number of rotatable bonds is 5. The smallest absolute Gasteiger partial charge is 0.303 e. The zero-order chi connectivity index (χ0) is 18.2. The van der Waals surface area contributed by atoms with Crippen molar-refractivity contribution in [1.82, 2.24) is 0 Å². The number of fused-ring (bicyclic) bond motifs is 1. The van der Waals surface area contributed by atoms with Gasteiger partial charge in [0.1, 0.15) is 5.60 Å². The van der Waals surface area contributed by atoms with Crippen LogP contribution < -0.4 is 0 Å². The van der Waals surface area contributed by atoms with Gasteiger partial charge in [-0.2, -0.15) is 0 Å². The summed E-state index contributed by atoms with van der Waals surface area (Å²) in [6.07, 6.45) is 9.78. The lowest BCUT2D eigenvalue weighted by Crippen LogP contribution is -2.58. The van der Waals surface area contributed by atoms with Crippen molar-refractivity contribution in [1.29, 1.82) is 0 Å². The molecule has 2 aliphatic rings. The van der Waals surface area contributed by atoms with Gasteiger partial charge in [0.15, 0.2) is 0 Å². The second kappa shape index (κ2) is 6.69. The predicted octanol–water partition coefficient (Wildman–Crippen LogP) is 6.07. The Bertz CT molecular complexity index is 518. The highest BCUT2D eigenvalue weighted by molar-refractivity contribution is 5.66. The Hall–Kier alpha value is -1.05. The number of allylic oxidation sites excluding steroid dienone is 2. The van der Waals surface area contributed by atoms with E-state index >= 15 is 0 Å². The van der Waals surface area contributed by atoms with Crippen LogP contribution in [0.25, 0.3) is 0 Å². The minimum Gasteiger partial charge on any atom is -0.459 e. The van der Waals surface area contributed by atoms with Gasteiger partial charge in [0.2, 0.25) is 0 Å². The molecule has 4 atom stereocenters. The lowest BCUT2D eigenvalue weighted by molar-refractivity contribution is -0.199. The molecule has 2 aliphatic carbocycles. The summed E-state index contributed by atoms with van der Waals surface area (Å²) in [6, 6.07) is 0. The van der Waals surface area contributed by atoms with Crippen molar-refractivity contribution in [2.75, 3.05) is 0 Å². The molecule has 0 aromatic rings. The zero-order valence-corrected chi connectivity index (χ0v) is 16.4. The number of hydrogen-bond donors (Lipinski definition) is 0. The van der Waals surface area contributed by atoms with Gasteiger partial charge < -0.3 is 4.74 Å². The fourth-order valence-corrected chi connectivity index (χ4v) is 6.12. The van der Waals surface area contributed by atoms with Crippen molar-refractivity contribution in [2.45, 2.75) is 85.2 Å². The number of carbonyl (C=O) groups is 1. The van der Waals surface area contributed by atoms with Crippen molar-refractivity contribution >= 4 is 5.97 Å². The molecule has 2 rings (SSSR count). The topological polar surface area (TPSA) is 26.3 Å². The second-order valence-electron chi connectivity index (χ2n) is 9.30. The highest BCUT2D eigenvalue weighted by Crippen LogP contribution is 2.63. The molecule has 2 nitrogen and oxygen atoms in total. The number of hydrogen-bond acceptors (Lipinski definition) is 2. The molecular weight excluding hydrogens is 296 g/mol. The second-order valence-corrected chi connectivity index (χ2v) is 9.30. The van der Waals surface area contributed by atoms with E-state index in [2.05, 4.69) is 40.9 Å². The van der Waals surface area contributed by atoms with Crippen molar-refractivity contribution in [3.8, 4) is 0 Å². The van der Waals surface area contributed by atoms with Gasteiger partial charge in [-0.05, 0) is 62.2 Å². The van der Waals surface area contributed by atoms with Crippen LogP contribution in [-0.4, -0.2) is 11.6 Å². The Morgan fingerprint density at radius 1 is 1.21 bits per heavy atom. The standard InChI is InChI=1S/C22H36O2/c1-8-16(2)10-11-19-21(6)14-9-13-20(4,5)18(21)12-15-22(19,7)24-17(3)23/h8,18-19H,1-2,9-15H2,3-7H3/t18-,19+,21-,22+/m0/s1. The normalized spacial score (nSPS) is 38.0. The zero-order valence-electron chi connectivity index (χ0n) is 16.4. The Morgan fingerprint density at radius 3 is 2.46 bits per heavy atom. The number of ether oxygens (including phenoxy) is 1. The van der Waals surface area contributed by atoms with Gasteiger partial charge in [-0.25, -0.2) is 0 Å². The summed E-state index contributed by atoms with van der Waals surface area (Å²) in [5.74, 6) is 0.926. The molecule has 0 saturated heterocycles. The quantitative estimate of drug-likeness (QED) is 0.451. The average Bonchev–Trinajstić information content (AvgIpc) is 2.44. The third kappa shape index (κ3) is 3.48. The molecule has 0 aromatic carbocycles. The van der Waals surface area contributed by atoms with Crippen molar-refractivity contribution < 1.29 is 9.53 Å². The van der Waals surface area contributed by atoms with E-state index in [1.54, 1.807) is 6.92 Å². The molecule has 136 valence electrons. The van der Waals surface area contributed by atoms with Gasteiger partial charge in [0.05, 0.1) is 0 Å². The SMILES string of the molecule is C=CC(=C)CC[C@@H]1[C@@]2(C)CCCC(C)(C)[C@@H]2CC[C@@]1(C)OC(C)=O. The van der Waals surface area contributed by atoms with Crippen LogP contribution in [0.1, 0.15) is 79.6 Å². The van der Waals surface area contributed by atoms with Crippen LogP contribution in [0.15, 0.2) is 24.8 Å². The largest absolute Gasteiger partial charge is 0.459 e. The van der Waals surface area contributed by atoms with Gasteiger partial charge in [-0.1, -0.05) is 52.0 Å². The fourth-order valence-electron chi connectivity index (χ4n) is 6.12. The van der Waals surface area contributed by atoms with Crippen LogP contribution in [0.5, 0.6) is 0 Å². The molecule has 0 spiro atoms. The average molecular weight is 333 g/mol. The molecular formula is C22H36O2. The van der Waals surface area contributed by atoms with E-state index in [1.807, 2.05) is 6.08 Å². The molecule has 2 fully saturated rings. The fraction of sp³-hybridized carbons (Fsp3) is 0.773. The maximum Gasteiger partial charge on any atom is 0.303 e. The van der Waals surface area contributed by atoms with Gasteiger partial charge >= 0.3 is 5.97 Å². The van der Waals surface area contributed by atoms with Crippen molar-refractivity contribution in [3.05, 3.63) is 24.8 Å². The minimum atomic E-state index is -0.355. The number of carbonyl (C=O) groups excluding carboxylic acids is 1. The highest BCUT2D eigenvalue weighted by Gasteiger charge is 2.59. The predicted molar refractivity (Wildman–Crippen MR) is 101 cm³/mol. The molecule has 2 saturated carbocycles. The van der Waals surface area contributed by atoms with E-state index in [1.165, 1.54) is 19.3 Å². The van der Waals surface area contributed by atoms with Gasteiger partial charge in [0.25, 0.3) is 0 Å². The van der Waals surface area contributed by atoms with E-state index in [-0.39, 0.29) is 17.0 Å². The van der Waals surface area contributed by atoms with Gasteiger partial charge in [0, 0.05) is 12.8 Å². The summed E-state index contributed by atoms with van der Waals surface area (Å²) < 4.78 is 5.95. The molecule has 0 aliphatic heterocycles. The first-order valence-electron chi connectivity index (χ1n) is 9.55. The summed E-state index contributed by atoms with van der Waals surface area (Å²) >= 11 is 0. The van der Waals surface area contributed by atoms with Crippen LogP contribution in [-0.2, 0) is 9.53 Å². The Labute approximate surface area is 148 Å². The summed E-state index contributed by atoms with van der Waals surface area (Å²) in [5, 5.41) is 0. The van der Waals surface area contributed by atoms with E-state index in [9.17, 15) is 4.79 Å². The van der Waals surface area contributed by atoms with Crippen molar-refractivity contribution in [3.63, 3.8) is 0 Å². The first-order valence-corrected chi connectivity index (χ1v) is 9.55. The summed E-state index contributed by atoms with van der Waals surface area (Å²) in [4.78, 5) is 11.8. The molecule has 0 aromatic heterocycles. The van der Waals surface area contributed by atoms with E-state index in [4.69, 9.17) is 4.74 Å². The van der Waals surface area contributed by atoms with Crippen LogP contribution in [0, 0.1) is 22.7 Å². The third-order valence-corrected chi connectivity index (χ3v) is 7.16. The molecule has 0 unspecified atom stereocenters. The molecule has 0 N–H and O–H groups in total. The Morgan fingerprint density at radius 2 is 1.88 bits per heavy atom. The number of esters is 1. The highest BCUT2D eigenvalue weighted by atomic mass is 16.6. The Balaban J connectivity index is 2.37. The van der Waals surface area contributed by atoms with Gasteiger partial charge in [-0.15, -0.1) is 0 Å². The van der Waals surface area contributed by atoms with E-state index < -0.39 is 0 Å². The third-order valence-electron chi connectivity index (χ3n) is 7.16. The molecule has 24 heavy (non-hydrogen) atoms. The van der Waals surface area contributed by atoms with E-state index in [0.29, 0.717) is 17.3 Å². The first-order chi connectivity index (χ1) is 11.0. The van der Waals surface area contributed by atoms with Crippen LogP contribution in [0.4, 0.5) is 0 Å². The van der Waals surface area contributed by atoms with Crippen LogP contribution >= 0.6 is 0 Å². The maximum absolute atomic E-state index is 11.8. The van der Waals surface area contributed by atoms with Crippen LogP contribution in [0.2, 0.25) is 0 Å². The molecule has 0 radical (unpaired) electrons. The molecule has 0 amide bonds. The summed E-state index contributed by atoms with van der Waals surface area (Å²) in [6.45, 7) is 19.0. The molecule has 2 heteroatoms. The van der Waals surface area contributed by atoms with E-state index in [0.717, 1.165) is 31.3 Å². The van der Waals surface area contributed by atoms with Crippen LogP contribution in [0.3, 0.4) is 0 Å². The first kappa shape index (κ1) is 19.3. The van der Waals surface area contributed by atoms with Crippen molar-refractivity contribution in [2.24, 2.45) is 22.7 Å². The Kier molecular flexibility index (Phi) is 5.37. The molecule has 0 bridgehead atoms. The summed E-state index contributed by atoms with van der Waals surface area (Å²) in [7, 11) is 0. The minimum absolute atomic E-state index is 0.151. The summed E-state index contributed by atoms with van der Waals surface area (Å²) in [5.41, 5.74) is 1.33.